The third-order valence-corrected chi connectivity index (χ3v) is 3.06. The minimum atomic E-state index is 0.631. The molecule has 0 saturated heterocycles. The zero-order valence-corrected chi connectivity index (χ0v) is 12.0. The minimum Gasteiger partial charge on any atom is -0.493 e. The lowest BCUT2D eigenvalue weighted by molar-refractivity contribution is 0.286. The summed E-state index contributed by atoms with van der Waals surface area (Å²) in [6, 6.07) is 4.02. The summed E-state index contributed by atoms with van der Waals surface area (Å²) < 4.78 is 12.0. The summed E-state index contributed by atoms with van der Waals surface area (Å²) in [5.74, 6) is 1.54. The fraction of sp³-hybridized carbons (Fsp3) is 0.538. The van der Waals surface area contributed by atoms with E-state index in [-0.39, 0.29) is 0 Å². The maximum atomic E-state index is 5.73. The summed E-state index contributed by atoms with van der Waals surface area (Å²) in [7, 11) is 1.65. The first-order valence-electron chi connectivity index (χ1n) is 5.92. The molecule has 3 nitrogen and oxygen atoms in total. The van der Waals surface area contributed by atoms with Crippen LogP contribution in [-0.4, -0.2) is 20.3 Å². The molecule has 96 valence electrons. The van der Waals surface area contributed by atoms with Crippen molar-refractivity contribution in [2.24, 2.45) is 5.73 Å². The Labute approximate surface area is 111 Å². The van der Waals surface area contributed by atoms with Crippen LogP contribution in [0.3, 0.4) is 0 Å². The summed E-state index contributed by atoms with van der Waals surface area (Å²) in [5.41, 5.74) is 6.70. The van der Waals surface area contributed by atoms with Gasteiger partial charge < -0.3 is 15.2 Å². The quantitative estimate of drug-likeness (QED) is 0.787. The van der Waals surface area contributed by atoms with E-state index in [1.807, 2.05) is 12.1 Å². The van der Waals surface area contributed by atoms with E-state index in [9.17, 15) is 0 Å². The number of halogens is 1. The van der Waals surface area contributed by atoms with Crippen LogP contribution in [0.15, 0.2) is 16.6 Å². The molecule has 0 heterocycles. The largest absolute Gasteiger partial charge is 0.493 e. The number of hydrogen-bond acceptors (Lipinski definition) is 3. The molecule has 0 fully saturated rings. The normalized spacial score (nSPS) is 10.4. The second-order valence-electron chi connectivity index (χ2n) is 3.85. The van der Waals surface area contributed by atoms with Gasteiger partial charge in [-0.3, -0.25) is 0 Å². The van der Waals surface area contributed by atoms with E-state index < -0.39 is 0 Å². The maximum absolute atomic E-state index is 5.73. The van der Waals surface area contributed by atoms with Crippen molar-refractivity contribution in [3.63, 3.8) is 0 Å². The third-order valence-electron chi connectivity index (χ3n) is 2.47. The lowest BCUT2D eigenvalue weighted by Gasteiger charge is -2.14. The number of ether oxygens (including phenoxy) is 2. The standard InChI is InChI=1S/C13H20BrNO2/c1-3-4-7-17-13-11(14)8-10(5-6-15)9-12(13)16-2/h8-9H,3-7,15H2,1-2H3. The Balaban J connectivity index is 2.87. The molecule has 4 heteroatoms. The summed E-state index contributed by atoms with van der Waals surface area (Å²) in [6.07, 6.45) is 3.00. The predicted molar refractivity (Wildman–Crippen MR) is 73.9 cm³/mol. The van der Waals surface area contributed by atoms with E-state index in [1.54, 1.807) is 7.11 Å². The minimum absolute atomic E-state index is 0.631. The van der Waals surface area contributed by atoms with Gasteiger partial charge in [0.05, 0.1) is 18.2 Å². The maximum Gasteiger partial charge on any atom is 0.175 e. The average molecular weight is 302 g/mol. The number of benzene rings is 1. The van der Waals surface area contributed by atoms with Crippen molar-refractivity contribution in [1.29, 1.82) is 0 Å². The van der Waals surface area contributed by atoms with Crippen LogP contribution in [-0.2, 0) is 6.42 Å². The number of methoxy groups -OCH3 is 1. The molecule has 0 radical (unpaired) electrons. The second kappa shape index (κ2) is 7.56. The van der Waals surface area contributed by atoms with E-state index in [4.69, 9.17) is 15.2 Å². The Hall–Kier alpha value is -0.740. The van der Waals surface area contributed by atoms with Gasteiger partial charge in [0.15, 0.2) is 11.5 Å². The first-order valence-corrected chi connectivity index (χ1v) is 6.71. The van der Waals surface area contributed by atoms with E-state index in [0.717, 1.165) is 40.8 Å². The Kier molecular flexibility index (Phi) is 6.37. The van der Waals surface area contributed by atoms with Crippen LogP contribution >= 0.6 is 15.9 Å². The molecular formula is C13H20BrNO2. The molecule has 0 aliphatic carbocycles. The highest BCUT2D eigenvalue weighted by atomic mass is 79.9. The zero-order valence-electron chi connectivity index (χ0n) is 10.5. The van der Waals surface area contributed by atoms with Gasteiger partial charge in [-0.05, 0) is 53.0 Å². The number of hydrogen-bond donors (Lipinski definition) is 1. The summed E-state index contributed by atoms with van der Waals surface area (Å²) in [5, 5.41) is 0. The van der Waals surface area contributed by atoms with Crippen molar-refractivity contribution >= 4 is 15.9 Å². The Bertz CT molecular complexity index is 356. The Morgan fingerprint density at radius 2 is 2.12 bits per heavy atom. The van der Waals surface area contributed by atoms with Crippen LogP contribution in [0.4, 0.5) is 0 Å². The van der Waals surface area contributed by atoms with Crippen LogP contribution in [0.2, 0.25) is 0 Å². The molecule has 0 amide bonds. The van der Waals surface area contributed by atoms with E-state index >= 15 is 0 Å². The van der Waals surface area contributed by atoms with E-state index in [2.05, 4.69) is 22.9 Å². The van der Waals surface area contributed by atoms with Gasteiger partial charge in [0.2, 0.25) is 0 Å². The second-order valence-corrected chi connectivity index (χ2v) is 4.70. The predicted octanol–water partition coefficient (Wildman–Crippen LogP) is 3.14. The molecule has 0 spiro atoms. The fourth-order valence-corrected chi connectivity index (χ4v) is 2.15. The van der Waals surface area contributed by atoms with Crippen molar-refractivity contribution in [2.45, 2.75) is 26.2 Å². The molecule has 1 aromatic rings. The molecule has 1 rings (SSSR count). The van der Waals surface area contributed by atoms with Gasteiger partial charge in [-0.1, -0.05) is 13.3 Å². The van der Waals surface area contributed by atoms with Crippen LogP contribution in [0.5, 0.6) is 11.5 Å². The third kappa shape index (κ3) is 4.21. The molecule has 0 aliphatic heterocycles. The van der Waals surface area contributed by atoms with Gasteiger partial charge in [0, 0.05) is 0 Å². The molecule has 0 bridgehead atoms. The van der Waals surface area contributed by atoms with Gasteiger partial charge in [0.1, 0.15) is 0 Å². The number of nitrogens with two attached hydrogens (primary N) is 1. The smallest absolute Gasteiger partial charge is 0.175 e. The van der Waals surface area contributed by atoms with Crippen molar-refractivity contribution < 1.29 is 9.47 Å². The van der Waals surface area contributed by atoms with Gasteiger partial charge >= 0.3 is 0 Å². The average Bonchev–Trinajstić information content (AvgIpc) is 2.32. The van der Waals surface area contributed by atoms with Gasteiger partial charge in [-0.2, -0.15) is 0 Å². The monoisotopic (exact) mass is 301 g/mol. The van der Waals surface area contributed by atoms with Gasteiger partial charge in [-0.15, -0.1) is 0 Å². The lowest BCUT2D eigenvalue weighted by atomic mass is 10.1. The van der Waals surface area contributed by atoms with Crippen LogP contribution in [0.25, 0.3) is 0 Å². The van der Waals surface area contributed by atoms with Gasteiger partial charge in [-0.25, -0.2) is 0 Å². The molecule has 0 atom stereocenters. The Morgan fingerprint density at radius 3 is 2.71 bits per heavy atom. The van der Waals surface area contributed by atoms with Crippen molar-refractivity contribution in [2.75, 3.05) is 20.3 Å². The van der Waals surface area contributed by atoms with E-state index in [1.165, 1.54) is 0 Å². The first kappa shape index (κ1) is 14.3. The lowest BCUT2D eigenvalue weighted by Crippen LogP contribution is -2.04. The highest BCUT2D eigenvalue weighted by Gasteiger charge is 2.11. The highest BCUT2D eigenvalue weighted by Crippen LogP contribution is 2.36. The topological polar surface area (TPSA) is 44.5 Å². The van der Waals surface area contributed by atoms with E-state index in [0.29, 0.717) is 13.2 Å². The summed E-state index contributed by atoms with van der Waals surface area (Å²) in [4.78, 5) is 0. The molecule has 2 N–H and O–H groups in total. The fourth-order valence-electron chi connectivity index (χ4n) is 1.54. The molecule has 17 heavy (non-hydrogen) atoms. The summed E-state index contributed by atoms with van der Waals surface area (Å²) >= 11 is 3.52. The van der Waals surface area contributed by atoms with Gasteiger partial charge in [0.25, 0.3) is 0 Å². The SMILES string of the molecule is CCCCOc1c(Br)cc(CCN)cc1OC. The number of rotatable bonds is 7. The molecule has 1 aromatic carbocycles. The molecule has 0 aromatic heterocycles. The highest BCUT2D eigenvalue weighted by molar-refractivity contribution is 9.10. The number of unbranched alkanes of at least 4 members (excludes halogenated alkanes) is 1. The van der Waals surface area contributed by atoms with Crippen molar-refractivity contribution in [1.82, 2.24) is 0 Å². The first-order chi connectivity index (χ1) is 8.22. The van der Waals surface area contributed by atoms with Crippen LogP contribution in [0.1, 0.15) is 25.3 Å². The zero-order chi connectivity index (χ0) is 12.7. The molecule has 0 unspecified atom stereocenters. The van der Waals surface area contributed by atoms with Crippen LogP contribution in [0, 0.1) is 0 Å². The summed E-state index contributed by atoms with van der Waals surface area (Å²) in [6.45, 7) is 3.48. The van der Waals surface area contributed by atoms with Crippen LogP contribution < -0.4 is 15.2 Å². The molecular weight excluding hydrogens is 282 g/mol. The van der Waals surface area contributed by atoms with Crippen molar-refractivity contribution in [3.8, 4) is 11.5 Å². The van der Waals surface area contributed by atoms with Crippen molar-refractivity contribution in [3.05, 3.63) is 22.2 Å². The molecule has 0 aliphatic rings. The molecule has 0 saturated carbocycles. The Morgan fingerprint density at radius 1 is 1.35 bits per heavy atom.